The number of Topliss-reactive ketones (excluding diaryl/α,β-unsaturated/α-hetero) is 1. The zero-order valence-electron chi connectivity index (χ0n) is 11.4. The number of hydrogen-bond acceptors (Lipinski definition) is 2. The van der Waals surface area contributed by atoms with Crippen molar-refractivity contribution in [3.63, 3.8) is 0 Å². The zero-order valence-corrected chi connectivity index (χ0v) is 11.4. The van der Waals surface area contributed by atoms with Crippen LogP contribution in [0.25, 0.3) is 0 Å². The van der Waals surface area contributed by atoms with Crippen LogP contribution in [0.2, 0.25) is 0 Å². The summed E-state index contributed by atoms with van der Waals surface area (Å²) in [6, 6.07) is 5.83. The number of aliphatic imine (C=N–C) groups is 1. The fraction of sp³-hybridized carbons (Fsp3) is 0.429. The van der Waals surface area contributed by atoms with Gasteiger partial charge in [-0.2, -0.15) is 0 Å². The summed E-state index contributed by atoms with van der Waals surface area (Å²) in [5, 5.41) is 0. The van der Waals surface area contributed by atoms with Crippen LogP contribution in [0.5, 0.6) is 0 Å². The molecule has 0 aliphatic rings. The van der Waals surface area contributed by atoms with Crippen LogP contribution in [0.1, 0.15) is 38.8 Å². The normalized spacial score (nSPS) is 11.1. The fourth-order valence-electron chi connectivity index (χ4n) is 1.71. The molecule has 0 heterocycles. The second-order valence-electron chi connectivity index (χ2n) is 5.55. The highest BCUT2D eigenvalue weighted by molar-refractivity contribution is 5.80. The maximum Gasteiger partial charge on any atom is 0.191 e. The molecule has 0 amide bonds. The lowest BCUT2D eigenvalue weighted by Crippen LogP contribution is -2.22. The summed E-state index contributed by atoms with van der Waals surface area (Å²) in [4.78, 5) is 15.3. The minimum atomic E-state index is -0.0135. The number of carbonyl (C=O) groups is 1. The third-order valence-electron chi connectivity index (χ3n) is 2.55. The Hall–Kier alpha value is -1.84. The molecule has 4 nitrogen and oxygen atoms in total. The van der Waals surface area contributed by atoms with E-state index in [1.807, 2.05) is 18.2 Å². The molecule has 1 aromatic rings. The minimum absolute atomic E-state index is 0.0135. The van der Waals surface area contributed by atoms with E-state index in [0.717, 1.165) is 11.1 Å². The summed E-state index contributed by atoms with van der Waals surface area (Å²) >= 11 is 0. The Morgan fingerprint density at radius 3 is 2.28 bits per heavy atom. The minimum Gasteiger partial charge on any atom is -0.370 e. The Bertz CT molecular complexity index is 480. The van der Waals surface area contributed by atoms with Crippen LogP contribution in [-0.2, 0) is 16.6 Å². The quantitative estimate of drug-likeness (QED) is 0.633. The molecule has 0 aliphatic carbocycles. The predicted molar refractivity (Wildman–Crippen MR) is 75.0 cm³/mol. The summed E-state index contributed by atoms with van der Waals surface area (Å²) in [6.45, 7) is 7.90. The number of nitrogens with two attached hydrogens (primary N) is 2. The first-order chi connectivity index (χ1) is 8.18. The molecule has 0 atom stereocenters. The Labute approximate surface area is 108 Å². The van der Waals surface area contributed by atoms with Crippen LogP contribution in [-0.4, -0.2) is 11.7 Å². The number of ketones is 1. The van der Waals surface area contributed by atoms with Crippen molar-refractivity contribution in [1.82, 2.24) is 0 Å². The molecule has 0 spiro atoms. The maximum atomic E-state index is 11.2. The zero-order chi connectivity index (χ0) is 13.9. The first-order valence-electron chi connectivity index (χ1n) is 5.92. The number of guanidine groups is 1. The van der Waals surface area contributed by atoms with Crippen molar-refractivity contribution in [2.75, 3.05) is 0 Å². The first-order valence-corrected chi connectivity index (χ1v) is 5.92. The van der Waals surface area contributed by atoms with Crippen LogP contribution >= 0.6 is 0 Å². The molecule has 1 rings (SSSR count). The van der Waals surface area contributed by atoms with Gasteiger partial charge in [-0.15, -0.1) is 0 Å². The highest BCUT2D eigenvalue weighted by atomic mass is 16.1. The highest BCUT2D eigenvalue weighted by Gasteiger charge is 2.15. The van der Waals surface area contributed by atoms with Crippen LogP contribution in [0.15, 0.2) is 23.2 Å². The number of nitrogens with zero attached hydrogens (tertiary/aromatic N) is 1. The van der Waals surface area contributed by atoms with E-state index in [1.165, 1.54) is 0 Å². The largest absolute Gasteiger partial charge is 0.370 e. The Morgan fingerprint density at radius 1 is 1.22 bits per heavy atom. The summed E-state index contributed by atoms with van der Waals surface area (Å²) in [5.41, 5.74) is 13.5. The lowest BCUT2D eigenvalue weighted by atomic mass is 9.85. The molecule has 4 heteroatoms. The Balaban J connectivity index is 3.28. The number of carbonyl (C=O) groups excluding carboxylic acids is 1. The molecule has 18 heavy (non-hydrogen) atoms. The van der Waals surface area contributed by atoms with Gasteiger partial charge in [0, 0.05) is 6.42 Å². The SMILES string of the molecule is CC(=O)Cc1cc(N=C(N)N)cc(C(C)(C)C)c1. The smallest absolute Gasteiger partial charge is 0.191 e. The van der Waals surface area contributed by atoms with E-state index in [-0.39, 0.29) is 17.2 Å². The van der Waals surface area contributed by atoms with Crippen LogP contribution in [0.3, 0.4) is 0 Å². The molecule has 0 radical (unpaired) electrons. The van der Waals surface area contributed by atoms with E-state index in [9.17, 15) is 4.79 Å². The van der Waals surface area contributed by atoms with E-state index in [0.29, 0.717) is 12.1 Å². The van der Waals surface area contributed by atoms with Gasteiger partial charge in [-0.1, -0.05) is 26.8 Å². The van der Waals surface area contributed by atoms with Crippen molar-refractivity contribution in [1.29, 1.82) is 0 Å². The number of rotatable bonds is 3. The van der Waals surface area contributed by atoms with Gasteiger partial charge in [0.1, 0.15) is 5.78 Å². The van der Waals surface area contributed by atoms with Crippen molar-refractivity contribution < 1.29 is 4.79 Å². The van der Waals surface area contributed by atoms with Crippen molar-refractivity contribution in [2.24, 2.45) is 16.5 Å². The molecule has 0 aliphatic heterocycles. The first kappa shape index (κ1) is 14.2. The average Bonchev–Trinajstić information content (AvgIpc) is 2.13. The van der Waals surface area contributed by atoms with Gasteiger partial charge in [0.15, 0.2) is 5.96 Å². The highest BCUT2D eigenvalue weighted by Crippen LogP contribution is 2.28. The van der Waals surface area contributed by atoms with Crippen LogP contribution in [0.4, 0.5) is 5.69 Å². The maximum absolute atomic E-state index is 11.2. The molecule has 1 aromatic carbocycles. The van der Waals surface area contributed by atoms with Gasteiger partial charge in [-0.3, -0.25) is 4.79 Å². The molecule has 0 fully saturated rings. The van der Waals surface area contributed by atoms with Crippen molar-refractivity contribution >= 4 is 17.4 Å². The molecule has 0 saturated heterocycles. The van der Waals surface area contributed by atoms with Gasteiger partial charge in [-0.05, 0) is 35.6 Å². The molecule has 0 unspecified atom stereocenters. The third kappa shape index (κ3) is 4.20. The molecule has 0 aromatic heterocycles. The number of benzene rings is 1. The fourth-order valence-corrected chi connectivity index (χ4v) is 1.71. The summed E-state index contributed by atoms with van der Waals surface area (Å²) < 4.78 is 0. The monoisotopic (exact) mass is 247 g/mol. The molecule has 0 saturated carbocycles. The lowest BCUT2D eigenvalue weighted by Gasteiger charge is -2.20. The average molecular weight is 247 g/mol. The Kier molecular flexibility index (Phi) is 4.11. The lowest BCUT2D eigenvalue weighted by molar-refractivity contribution is -0.116. The van der Waals surface area contributed by atoms with Crippen molar-refractivity contribution in [3.8, 4) is 0 Å². The molecule has 0 bridgehead atoms. The molecular formula is C14H21N3O. The van der Waals surface area contributed by atoms with E-state index in [2.05, 4.69) is 25.8 Å². The van der Waals surface area contributed by atoms with E-state index in [1.54, 1.807) is 6.92 Å². The van der Waals surface area contributed by atoms with Crippen LogP contribution in [0, 0.1) is 0 Å². The third-order valence-corrected chi connectivity index (χ3v) is 2.55. The van der Waals surface area contributed by atoms with Gasteiger partial charge in [0.05, 0.1) is 5.69 Å². The van der Waals surface area contributed by atoms with E-state index < -0.39 is 0 Å². The molecular weight excluding hydrogens is 226 g/mol. The Morgan fingerprint density at radius 2 is 1.83 bits per heavy atom. The van der Waals surface area contributed by atoms with Gasteiger partial charge in [-0.25, -0.2) is 4.99 Å². The van der Waals surface area contributed by atoms with E-state index >= 15 is 0 Å². The molecule has 4 N–H and O–H groups in total. The van der Waals surface area contributed by atoms with Gasteiger partial charge >= 0.3 is 0 Å². The van der Waals surface area contributed by atoms with Crippen molar-refractivity contribution in [2.45, 2.75) is 39.5 Å². The summed E-state index contributed by atoms with van der Waals surface area (Å²) in [6.07, 6.45) is 0.400. The van der Waals surface area contributed by atoms with Crippen LogP contribution < -0.4 is 11.5 Å². The summed E-state index contributed by atoms with van der Waals surface area (Å²) in [7, 11) is 0. The molecule has 98 valence electrons. The van der Waals surface area contributed by atoms with Gasteiger partial charge < -0.3 is 11.5 Å². The summed E-state index contributed by atoms with van der Waals surface area (Å²) in [5.74, 6) is 0.145. The second-order valence-corrected chi connectivity index (χ2v) is 5.55. The van der Waals surface area contributed by atoms with Gasteiger partial charge in [0.2, 0.25) is 0 Å². The van der Waals surface area contributed by atoms with Gasteiger partial charge in [0.25, 0.3) is 0 Å². The number of hydrogen-bond donors (Lipinski definition) is 2. The standard InChI is InChI=1S/C14H21N3O/c1-9(18)5-10-6-11(14(2,3)4)8-12(7-10)17-13(15)16/h6-8H,5H2,1-4H3,(H4,15,16,17). The second kappa shape index (κ2) is 5.21. The predicted octanol–water partition coefficient (Wildman–Crippen LogP) is 2.02. The topological polar surface area (TPSA) is 81.5 Å². The van der Waals surface area contributed by atoms with E-state index in [4.69, 9.17) is 11.5 Å². The van der Waals surface area contributed by atoms with Crippen molar-refractivity contribution in [3.05, 3.63) is 29.3 Å².